The van der Waals surface area contributed by atoms with Crippen molar-refractivity contribution in [2.45, 2.75) is 114 Å². The van der Waals surface area contributed by atoms with Gasteiger partial charge >= 0.3 is 17.9 Å². The Kier molecular flexibility index (Phi) is 38.7. The van der Waals surface area contributed by atoms with E-state index < -0.39 is 5.97 Å². The van der Waals surface area contributed by atoms with Crippen LogP contribution in [0.2, 0.25) is 0 Å². The van der Waals surface area contributed by atoms with E-state index in [4.69, 9.17) is 43.0 Å². The number of hydrogen-bond acceptors (Lipinski definition) is 15. The molecule has 16 nitrogen and oxygen atoms in total. The standard InChI is InChI=1S/C30H38FNO3.C26H30FNO3.C25H26FNO3.C24H24FNO3.ClH/c1-3-34-29(33)20-32(2)13-12-28(24-4-8-26(31)9-5-24)35-27-10-6-25(7-11-27)30-17-21-14-22(18-30)16-23(15-21)19-30;1-28(19-26(29-2)30-3)18-17-25(22-9-13-23(27)14-10-22)31-24-15-11-21(12-16-24)20-7-5-4-6-8-20;1-2-29-25(28)18-27-17-16-24(21-8-12-22(26)13-9-21)30-23-14-10-20(11-15-23)19-6-4-3-5-7-19;1-26(17-24(27)28)16-15-23(20-7-11-21(25)12-8-20)29-22-13-9-19(10-14-22)18-5-3-2-4-6-18;/h4-11,21-23,28H,3,12-20H2,1-2H3;4-16,25-26H,17-19H2,1-3H3;3-15,24,27H,2,16-18H2,1H3;2-14,23H,15-17H2,1H3,(H,27,28);1H/t21?,22?,23?,28-,30?;;24-;23-;/m1.10./s1. The lowest BCUT2D eigenvalue weighted by molar-refractivity contribution is -0.144. The van der Waals surface area contributed by atoms with Gasteiger partial charge in [0.1, 0.15) is 70.7 Å². The third-order valence-electron chi connectivity index (χ3n) is 23.0. The number of rotatable bonds is 40. The summed E-state index contributed by atoms with van der Waals surface area (Å²) >= 11 is 0. The largest absolute Gasteiger partial charge is 0.486 e. The van der Waals surface area contributed by atoms with E-state index in [1.165, 1.54) is 92.6 Å². The molecule has 0 aliphatic heterocycles. The van der Waals surface area contributed by atoms with Crippen LogP contribution in [0.4, 0.5) is 17.6 Å². The Hall–Kier alpha value is -11.2. The first-order valence-electron chi connectivity index (χ1n) is 43.3. The Morgan fingerprint density at radius 3 is 1.00 bits per heavy atom. The molecule has 126 heavy (non-hydrogen) atoms. The van der Waals surface area contributed by atoms with Crippen LogP contribution in [0, 0.1) is 41.0 Å². The summed E-state index contributed by atoms with van der Waals surface area (Å²) in [6.45, 7) is 7.85. The predicted octanol–water partition coefficient (Wildman–Crippen LogP) is 22.4. The lowest BCUT2D eigenvalue weighted by Crippen LogP contribution is -2.48. The number of halogens is 5. The molecule has 1 unspecified atom stereocenters. The van der Waals surface area contributed by atoms with Gasteiger partial charge in [-0.25, -0.2) is 17.6 Å². The molecule has 0 radical (unpaired) electrons. The second kappa shape index (κ2) is 50.2. The predicted molar refractivity (Wildman–Crippen MR) is 491 cm³/mol. The maximum atomic E-state index is 13.6. The van der Waals surface area contributed by atoms with Crippen LogP contribution in [0.1, 0.15) is 130 Å². The molecule has 4 saturated carbocycles. The minimum Gasteiger partial charge on any atom is -0.486 e. The van der Waals surface area contributed by atoms with Crippen LogP contribution in [0.15, 0.2) is 285 Å². The molecule has 0 aromatic heterocycles. The molecule has 0 saturated heterocycles. The zero-order valence-electron chi connectivity index (χ0n) is 73.1. The number of hydrogen-bond donors (Lipinski definition) is 2. The van der Waals surface area contributed by atoms with Gasteiger partial charge in [-0.1, -0.05) is 188 Å². The van der Waals surface area contributed by atoms with Crippen LogP contribution >= 0.6 is 12.4 Å². The summed E-state index contributed by atoms with van der Waals surface area (Å²) in [6.07, 6.45) is 9.72. The Labute approximate surface area is 746 Å². The second-order valence-electron chi connectivity index (χ2n) is 32.5. The van der Waals surface area contributed by atoms with Gasteiger partial charge in [0.15, 0.2) is 6.29 Å². The Morgan fingerprint density at radius 1 is 0.389 bits per heavy atom. The maximum Gasteiger partial charge on any atom is 0.320 e. The van der Waals surface area contributed by atoms with Crippen molar-refractivity contribution in [3.8, 4) is 56.4 Å². The van der Waals surface area contributed by atoms with Crippen LogP contribution in [-0.2, 0) is 38.7 Å². The number of esters is 2. The van der Waals surface area contributed by atoms with E-state index >= 15 is 0 Å². The lowest BCUT2D eigenvalue weighted by atomic mass is 9.48. The molecular formula is C105H119ClF4N4O12. The quantitative estimate of drug-likeness (QED) is 0.0161. The van der Waals surface area contributed by atoms with Crippen molar-refractivity contribution in [2.75, 3.05) is 101 Å². The van der Waals surface area contributed by atoms with Crippen LogP contribution < -0.4 is 24.3 Å². The molecule has 4 aliphatic carbocycles. The third-order valence-corrected chi connectivity index (χ3v) is 23.0. The monoisotopic (exact) mass is 1740 g/mol. The van der Waals surface area contributed by atoms with Crippen LogP contribution in [0.5, 0.6) is 23.0 Å². The van der Waals surface area contributed by atoms with E-state index in [0.717, 1.165) is 104 Å². The average molecular weight is 1740 g/mol. The summed E-state index contributed by atoms with van der Waals surface area (Å²) in [4.78, 5) is 40.0. The van der Waals surface area contributed by atoms with Crippen LogP contribution in [0.3, 0.4) is 0 Å². The highest BCUT2D eigenvalue weighted by atomic mass is 35.5. The van der Waals surface area contributed by atoms with Gasteiger partial charge in [0.2, 0.25) is 0 Å². The van der Waals surface area contributed by atoms with E-state index in [0.29, 0.717) is 69.8 Å². The zero-order chi connectivity index (χ0) is 88.3. The summed E-state index contributed by atoms with van der Waals surface area (Å²) in [6, 6.07) is 88.6. The first-order chi connectivity index (χ1) is 60.7. The molecule has 11 aromatic carbocycles. The zero-order valence-corrected chi connectivity index (χ0v) is 73.9. The smallest absolute Gasteiger partial charge is 0.320 e. The first-order valence-corrected chi connectivity index (χ1v) is 43.3. The SMILES string of the molecule is CCOC(=O)CN(C)CC[C@@H](Oc1ccc(C23CC4CC(CC(C4)C2)C3)cc1)c1ccc(F)cc1.CCOC(=O)CNCC[C@@H](Oc1ccc(-c2ccccc2)cc1)c1ccc(F)cc1.CN(CC[C@H](Oc1ccc(-c2ccccc2)cc1)c1ccc(F)cc1)CC(=O)O.COC(CN(C)CCC(Oc1ccc(-c2ccccc2)cc1)c1ccc(F)cc1)OC.Cl. The minimum atomic E-state index is -0.872. The van der Waals surface area contributed by atoms with Crippen molar-refractivity contribution in [2.24, 2.45) is 17.8 Å². The Morgan fingerprint density at radius 2 is 0.683 bits per heavy atom. The number of ether oxygens (including phenoxy) is 8. The minimum absolute atomic E-state index is 0. The number of likely N-dealkylation sites (N-methyl/N-ethyl adjacent to an activating group) is 3. The lowest BCUT2D eigenvalue weighted by Gasteiger charge is -2.57. The van der Waals surface area contributed by atoms with Crippen molar-refractivity contribution in [3.05, 3.63) is 336 Å². The normalized spacial score (nSPS) is 16.3. The number of aliphatic carboxylic acids is 1. The summed E-state index contributed by atoms with van der Waals surface area (Å²) in [5, 5.41) is 12.0. The summed E-state index contributed by atoms with van der Waals surface area (Å²) in [7, 11) is 8.93. The highest BCUT2D eigenvalue weighted by Crippen LogP contribution is 2.61. The molecule has 666 valence electrons. The van der Waals surface area contributed by atoms with E-state index in [-0.39, 0.29) is 98.0 Å². The molecule has 0 amide bonds. The van der Waals surface area contributed by atoms with Crippen molar-refractivity contribution in [1.82, 2.24) is 20.0 Å². The number of methoxy groups -OCH3 is 2. The Balaban J connectivity index is 0.000000175. The summed E-state index contributed by atoms with van der Waals surface area (Å²) < 4.78 is 99.4. The molecular weight excluding hydrogens is 1620 g/mol. The third kappa shape index (κ3) is 30.8. The number of carboxylic acids is 1. The molecule has 4 bridgehead atoms. The molecule has 15 rings (SSSR count). The number of carbonyl (C=O) groups excluding carboxylic acids is 2. The molecule has 4 atom stereocenters. The average Bonchev–Trinajstić information content (AvgIpc) is 0.734. The highest BCUT2D eigenvalue weighted by molar-refractivity contribution is 5.85. The van der Waals surface area contributed by atoms with Gasteiger partial charge in [-0.2, -0.15) is 0 Å². The number of carboxylic acid groups (broad SMARTS) is 1. The molecule has 0 spiro atoms. The number of nitrogens with zero attached hydrogens (tertiary/aromatic N) is 3. The highest BCUT2D eigenvalue weighted by Gasteiger charge is 2.51. The fourth-order valence-corrected chi connectivity index (χ4v) is 17.0. The van der Waals surface area contributed by atoms with Gasteiger partial charge < -0.3 is 53.2 Å². The molecule has 4 aliphatic rings. The van der Waals surface area contributed by atoms with E-state index in [9.17, 15) is 31.9 Å². The van der Waals surface area contributed by atoms with Gasteiger partial charge in [0.25, 0.3) is 0 Å². The number of benzene rings is 11. The molecule has 0 heterocycles. The summed E-state index contributed by atoms with van der Waals surface area (Å²) in [5.74, 6) is 3.34. The van der Waals surface area contributed by atoms with Gasteiger partial charge in [0.05, 0.1) is 32.8 Å². The van der Waals surface area contributed by atoms with Crippen molar-refractivity contribution in [1.29, 1.82) is 0 Å². The van der Waals surface area contributed by atoms with Gasteiger partial charge in [-0.05, 0) is 261 Å². The molecule has 2 N–H and O–H groups in total. The Bertz CT molecular complexity index is 4960. The fourth-order valence-electron chi connectivity index (χ4n) is 17.0. The number of nitrogens with one attached hydrogen (secondary N) is 1. The molecule has 21 heteroatoms. The van der Waals surface area contributed by atoms with Crippen molar-refractivity contribution >= 4 is 30.3 Å². The van der Waals surface area contributed by atoms with Crippen LogP contribution in [0.25, 0.3) is 33.4 Å². The topological polar surface area (TPSA) is 167 Å². The number of carbonyl (C=O) groups is 3. The molecule has 4 fully saturated rings. The van der Waals surface area contributed by atoms with Crippen molar-refractivity contribution in [3.63, 3.8) is 0 Å². The van der Waals surface area contributed by atoms with E-state index in [2.05, 4.69) is 83.0 Å². The van der Waals surface area contributed by atoms with Gasteiger partial charge in [-0.3, -0.25) is 24.2 Å². The van der Waals surface area contributed by atoms with Gasteiger partial charge in [0, 0.05) is 66.1 Å². The molecule has 11 aromatic rings. The van der Waals surface area contributed by atoms with Gasteiger partial charge in [-0.15, -0.1) is 12.4 Å². The maximum absolute atomic E-state index is 13.6. The van der Waals surface area contributed by atoms with Crippen LogP contribution in [-0.4, -0.2) is 145 Å². The van der Waals surface area contributed by atoms with E-state index in [1.807, 2.05) is 141 Å². The first kappa shape index (κ1) is 97.0. The summed E-state index contributed by atoms with van der Waals surface area (Å²) in [5.41, 5.74) is 12.2. The van der Waals surface area contributed by atoms with Crippen molar-refractivity contribution < 1.29 is 74.9 Å². The second-order valence-corrected chi connectivity index (χ2v) is 32.5. The van der Waals surface area contributed by atoms with E-state index in [1.54, 1.807) is 81.6 Å². The fraction of sp³-hybridized carbons (Fsp3) is 0.343.